The number of fused-ring (bicyclic) bond motifs is 1. The van der Waals surface area contributed by atoms with Crippen LogP contribution in [0.1, 0.15) is 46.9 Å². The quantitative estimate of drug-likeness (QED) is 0.756. The van der Waals surface area contributed by atoms with Crippen LogP contribution in [-0.2, 0) is 4.79 Å². The van der Waals surface area contributed by atoms with Crippen LogP contribution in [0.5, 0.6) is 11.5 Å². The van der Waals surface area contributed by atoms with Crippen molar-refractivity contribution in [1.82, 2.24) is 0 Å². The summed E-state index contributed by atoms with van der Waals surface area (Å²) in [5, 5.41) is 2.76. The molecule has 27 heavy (non-hydrogen) atoms. The number of Topliss-reactive ketones (excluding diaryl/α,β-unsaturated/α-hetero) is 2. The van der Waals surface area contributed by atoms with Crippen molar-refractivity contribution in [1.29, 1.82) is 0 Å². The Morgan fingerprint density at radius 1 is 0.889 bits per heavy atom. The number of amides is 1. The smallest absolute Gasteiger partial charge is 0.224 e. The molecular weight excluding hydrogens is 346 g/mol. The zero-order valence-electron chi connectivity index (χ0n) is 15.1. The van der Waals surface area contributed by atoms with Crippen molar-refractivity contribution in [2.45, 2.75) is 26.2 Å². The van der Waals surface area contributed by atoms with Gasteiger partial charge in [-0.2, -0.15) is 0 Å². The third-order valence-corrected chi connectivity index (χ3v) is 4.25. The van der Waals surface area contributed by atoms with Crippen LogP contribution in [0.2, 0.25) is 0 Å². The second-order valence-electron chi connectivity index (χ2n) is 6.32. The van der Waals surface area contributed by atoms with E-state index >= 15 is 0 Å². The van der Waals surface area contributed by atoms with E-state index in [9.17, 15) is 14.4 Å². The molecule has 1 amide bonds. The van der Waals surface area contributed by atoms with Crippen molar-refractivity contribution in [3.63, 3.8) is 0 Å². The fourth-order valence-electron chi connectivity index (χ4n) is 2.78. The molecule has 0 bridgehead atoms. The van der Waals surface area contributed by atoms with Gasteiger partial charge in [0.1, 0.15) is 13.2 Å². The molecular formula is C21H21NO5. The molecule has 0 saturated heterocycles. The van der Waals surface area contributed by atoms with Gasteiger partial charge < -0.3 is 14.8 Å². The molecule has 0 fully saturated rings. The largest absolute Gasteiger partial charge is 0.486 e. The third-order valence-electron chi connectivity index (χ3n) is 4.25. The highest BCUT2D eigenvalue weighted by atomic mass is 16.6. The number of nitrogens with one attached hydrogen (secondary N) is 1. The lowest BCUT2D eigenvalue weighted by molar-refractivity contribution is -0.116. The molecule has 1 heterocycles. The first-order chi connectivity index (χ1) is 13.0. The number of ether oxygens (including phenoxy) is 2. The molecule has 0 aromatic heterocycles. The fraction of sp³-hybridized carbons (Fsp3) is 0.286. The van der Waals surface area contributed by atoms with Crippen LogP contribution >= 0.6 is 0 Å². The Morgan fingerprint density at radius 2 is 1.56 bits per heavy atom. The number of hydrogen-bond donors (Lipinski definition) is 1. The number of carbonyl (C=O) groups excluding carboxylic acids is 3. The van der Waals surface area contributed by atoms with Gasteiger partial charge in [-0.3, -0.25) is 14.4 Å². The second kappa shape index (κ2) is 8.49. The Hall–Kier alpha value is -3.15. The van der Waals surface area contributed by atoms with Crippen LogP contribution in [-0.4, -0.2) is 30.7 Å². The van der Waals surface area contributed by atoms with Crippen molar-refractivity contribution in [3.8, 4) is 11.5 Å². The lowest BCUT2D eigenvalue weighted by Crippen LogP contribution is -2.16. The average Bonchev–Trinajstić information content (AvgIpc) is 2.68. The maximum absolute atomic E-state index is 12.3. The van der Waals surface area contributed by atoms with Crippen LogP contribution in [0.3, 0.4) is 0 Å². The maximum Gasteiger partial charge on any atom is 0.224 e. The van der Waals surface area contributed by atoms with Gasteiger partial charge in [-0.1, -0.05) is 0 Å². The first-order valence-electron chi connectivity index (χ1n) is 8.86. The van der Waals surface area contributed by atoms with Crippen LogP contribution in [0, 0.1) is 0 Å². The summed E-state index contributed by atoms with van der Waals surface area (Å²) in [5.41, 5.74) is 1.78. The van der Waals surface area contributed by atoms with Gasteiger partial charge in [-0.15, -0.1) is 0 Å². The molecule has 0 aliphatic carbocycles. The first kappa shape index (κ1) is 18.6. The highest BCUT2D eigenvalue weighted by Gasteiger charge is 2.15. The molecule has 0 spiro atoms. The van der Waals surface area contributed by atoms with Gasteiger partial charge in [0.05, 0.1) is 0 Å². The van der Waals surface area contributed by atoms with Gasteiger partial charge in [0, 0.05) is 29.7 Å². The van der Waals surface area contributed by atoms with Crippen molar-refractivity contribution < 1.29 is 23.9 Å². The highest BCUT2D eigenvalue weighted by Crippen LogP contribution is 2.31. The van der Waals surface area contributed by atoms with Gasteiger partial charge in [-0.25, -0.2) is 0 Å². The van der Waals surface area contributed by atoms with Crippen molar-refractivity contribution in [2.24, 2.45) is 0 Å². The number of ketones is 2. The Balaban J connectivity index is 1.46. The molecule has 2 aromatic rings. The first-order valence-corrected chi connectivity index (χ1v) is 8.86. The minimum absolute atomic E-state index is 0.0227. The van der Waals surface area contributed by atoms with Crippen LogP contribution in [0.15, 0.2) is 42.5 Å². The Morgan fingerprint density at radius 3 is 2.26 bits per heavy atom. The summed E-state index contributed by atoms with van der Waals surface area (Å²) in [6.45, 7) is 2.47. The molecule has 0 unspecified atom stereocenters. The molecule has 6 nitrogen and oxygen atoms in total. The summed E-state index contributed by atoms with van der Waals surface area (Å²) in [7, 11) is 0. The monoisotopic (exact) mass is 367 g/mol. The minimum atomic E-state index is -0.166. The van der Waals surface area contributed by atoms with Crippen molar-refractivity contribution in [3.05, 3.63) is 53.6 Å². The van der Waals surface area contributed by atoms with Crippen LogP contribution < -0.4 is 14.8 Å². The van der Waals surface area contributed by atoms with E-state index in [1.54, 1.807) is 42.5 Å². The fourth-order valence-corrected chi connectivity index (χ4v) is 2.78. The predicted molar refractivity (Wildman–Crippen MR) is 101 cm³/mol. The van der Waals surface area contributed by atoms with E-state index in [2.05, 4.69) is 5.32 Å². The standard InChI is InChI=1S/C21H21NO5/c1-14(23)15-5-8-17(9-6-15)22-21(25)4-2-3-18(24)16-7-10-19-20(13-16)27-12-11-26-19/h5-10,13H,2-4,11-12H2,1H3,(H,22,25). The Bertz CT molecular complexity index is 857. The Labute approximate surface area is 157 Å². The van der Waals surface area contributed by atoms with Crippen LogP contribution in [0.25, 0.3) is 0 Å². The summed E-state index contributed by atoms with van der Waals surface area (Å²) >= 11 is 0. The molecule has 1 aliphatic heterocycles. The molecule has 1 N–H and O–H groups in total. The molecule has 140 valence electrons. The summed E-state index contributed by atoms with van der Waals surface area (Å²) in [6.07, 6.45) is 0.964. The predicted octanol–water partition coefficient (Wildman–Crippen LogP) is 3.65. The molecule has 0 saturated carbocycles. The van der Waals surface area contributed by atoms with Gasteiger partial charge in [0.25, 0.3) is 0 Å². The van der Waals surface area contributed by atoms with E-state index in [0.717, 1.165) is 0 Å². The number of benzene rings is 2. The number of carbonyl (C=O) groups is 3. The number of anilines is 1. The maximum atomic E-state index is 12.3. The number of rotatable bonds is 7. The minimum Gasteiger partial charge on any atom is -0.486 e. The third kappa shape index (κ3) is 4.94. The van der Waals surface area contributed by atoms with Crippen molar-refractivity contribution >= 4 is 23.2 Å². The summed E-state index contributed by atoms with van der Waals surface area (Å²) in [4.78, 5) is 35.6. The van der Waals surface area contributed by atoms with Crippen molar-refractivity contribution in [2.75, 3.05) is 18.5 Å². The molecule has 3 rings (SSSR count). The Kier molecular flexibility index (Phi) is 5.86. The molecule has 0 atom stereocenters. The lowest BCUT2D eigenvalue weighted by Gasteiger charge is -2.18. The summed E-state index contributed by atoms with van der Waals surface area (Å²) in [5.74, 6) is 1.00. The van der Waals surface area contributed by atoms with E-state index in [1.807, 2.05) is 0 Å². The molecule has 1 aliphatic rings. The summed E-state index contributed by atoms with van der Waals surface area (Å²) < 4.78 is 10.9. The summed E-state index contributed by atoms with van der Waals surface area (Å²) in [6, 6.07) is 11.9. The van der Waals surface area contributed by atoms with E-state index in [0.29, 0.717) is 47.9 Å². The normalized spacial score (nSPS) is 12.3. The zero-order valence-corrected chi connectivity index (χ0v) is 15.1. The van der Waals surface area contributed by atoms with Crippen LogP contribution in [0.4, 0.5) is 5.69 Å². The average molecular weight is 367 g/mol. The van der Waals surface area contributed by atoms with E-state index in [4.69, 9.17) is 9.47 Å². The van der Waals surface area contributed by atoms with Gasteiger partial charge in [-0.05, 0) is 55.8 Å². The highest BCUT2D eigenvalue weighted by molar-refractivity contribution is 5.98. The molecule has 2 aromatic carbocycles. The van der Waals surface area contributed by atoms with Gasteiger partial charge in [0.2, 0.25) is 5.91 Å². The molecule has 0 radical (unpaired) electrons. The topological polar surface area (TPSA) is 81.7 Å². The lowest BCUT2D eigenvalue weighted by atomic mass is 10.0. The zero-order chi connectivity index (χ0) is 19.2. The SMILES string of the molecule is CC(=O)c1ccc(NC(=O)CCCC(=O)c2ccc3c(c2)OCCO3)cc1. The van der Waals surface area contributed by atoms with E-state index in [-0.39, 0.29) is 30.3 Å². The van der Waals surface area contributed by atoms with E-state index < -0.39 is 0 Å². The van der Waals surface area contributed by atoms with Gasteiger partial charge in [0.15, 0.2) is 23.1 Å². The van der Waals surface area contributed by atoms with E-state index in [1.165, 1.54) is 6.92 Å². The van der Waals surface area contributed by atoms with Gasteiger partial charge >= 0.3 is 0 Å². The molecule has 6 heteroatoms. The second-order valence-corrected chi connectivity index (χ2v) is 6.32. The number of hydrogen-bond acceptors (Lipinski definition) is 5.